The van der Waals surface area contributed by atoms with Crippen molar-refractivity contribution < 1.29 is 0 Å². The molecule has 0 saturated heterocycles. The van der Waals surface area contributed by atoms with Crippen LogP contribution in [0.1, 0.15) is 5.56 Å². The normalized spacial score (nSPS) is 10.8. The molecule has 0 N–H and O–H groups in total. The second-order valence-corrected chi connectivity index (χ2v) is 5.97. The molecule has 120 valence electrons. The summed E-state index contributed by atoms with van der Waals surface area (Å²) in [5, 5.41) is 23.4. The number of aromatic nitrogens is 4. The highest BCUT2D eigenvalue weighted by Gasteiger charge is 2.19. The minimum atomic E-state index is 0.517. The van der Waals surface area contributed by atoms with Crippen molar-refractivity contribution in [1.29, 1.82) is 5.26 Å². The van der Waals surface area contributed by atoms with E-state index in [1.807, 2.05) is 49.5 Å². The molecular weight excluding hydrogens is 334 g/mol. The predicted molar refractivity (Wildman–Crippen MR) is 96.9 cm³/mol. The summed E-state index contributed by atoms with van der Waals surface area (Å²) in [4.78, 5) is 0. The Morgan fingerprint density at radius 3 is 2.28 bits per heavy atom. The van der Waals surface area contributed by atoms with Gasteiger partial charge in [-0.15, -0.1) is 10.2 Å². The Morgan fingerprint density at radius 2 is 1.60 bits per heavy atom. The van der Waals surface area contributed by atoms with Crippen molar-refractivity contribution in [3.05, 3.63) is 65.2 Å². The maximum atomic E-state index is 8.97. The summed E-state index contributed by atoms with van der Waals surface area (Å²) in [5.74, 6) is 0. The van der Waals surface area contributed by atoms with Gasteiger partial charge in [-0.25, -0.2) is 4.68 Å². The average molecular weight is 346 g/mol. The number of nitrogens with zero attached hydrogens (tertiary/aromatic N) is 5. The fraction of sp³-hybridized carbons (Fsp3) is 0.0526. The molecule has 0 aliphatic heterocycles. The van der Waals surface area contributed by atoms with Gasteiger partial charge in [0.05, 0.1) is 22.0 Å². The SMILES string of the molecule is Cn1nc(-c2ccc(C#N)cc2)c2c(Cl)c(-c3ccccc3)nnc21. The van der Waals surface area contributed by atoms with Gasteiger partial charge >= 0.3 is 0 Å². The summed E-state index contributed by atoms with van der Waals surface area (Å²) in [5.41, 5.74) is 4.33. The highest BCUT2D eigenvalue weighted by molar-refractivity contribution is 6.38. The van der Waals surface area contributed by atoms with Crippen molar-refractivity contribution in [3.63, 3.8) is 0 Å². The zero-order valence-electron chi connectivity index (χ0n) is 13.3. The molecule has 0 fully saturated rings. The molecule has 0 spiro atoms. The Hall–Kier alpha value is -3.23. The molecule has 5 nitrogen and oxygen atoms in total. The first kappa shape index (κ1) is 15.3. The summed E-state index contributed by atoms with van der Waals surface area (Å²) in [6, 6.07) is 19.1. The van der Waals surface area contributed by atoms with Crippen LogP contribution in [-0.4, -0.2) is 20.0 Å². The van der Waals surface area contributed by atoms with Crippen molar-refractivity contribution >= 4 is 22.6 Å². The van der Waals surface area contributed by atoms with Gasteiger partial charge < -0.3 is 0 Å². The van der Waals surface area contributed by atoms with Gasteiger partial charge in [-0.1, -0.05) is 54.1 Å². The number of hydrogen-bond acceptors (Lipinski definition) is 4. The number of hydrogen-bond donors (Lipinski definition) is 0. The molecule has 6 heteroatoms. The smallest absolute Gasteiger partial charge is 0.182 e. The zero-order chi connectivity index (χ0) is 17.4. The predicted octanol–water partition coefficient (Wildman–Crippen LogP) is 4.22. The molecule has 0 radical (unpaired) electrons. The second kappa shape index (κ2) is 6.00. The van der Waals surface area contributed by atoms with Crippen LogP contribution in [0.5, 0.6) is 0 Å². The monoisotopic (exact) mass is 345 g/mol. The fourth-order valence-electron chi connectivity index (χ4n) is 2.78. The van der Waals surface area contributed by atoms with Crippen LogP contribution in [0.3, 0.4) is 0 Å². The number of rotatable bonds is 2. The molecule has 0 saturated carbocycles. The molecule has 2 aromatic heterocycles. The molecule has 4 rings (SSSR count). The number of nitriles is 1. The fourth-order valence-corrected chi connectivity index (χ4v) is 3.10. The van der Waals surface area contributed by atoms with Crippen LogP contribution in [0, 0.1) is 11.3 Å². The van der Waals surface area contributed by atoms with E-state index in [9.17, 15) is 0 Å². The van der Waals surface area contributed by atoms with Crippen molar-refractivity contribution in [2.45, 2.75) is 0 Å². The first-order valence-corrected chi connectivity index (χ1v) is 8.01. The lowest BCUT2D eigenvalue weighted by molar-refractivity contribution is 0.781. The Balaban J connectivity index is 1.98. The standard InChI is InChI=1S/C19H12ClN5/c1-25-19-15(17(24-25)14-9-7-12(11-21)8-10-14)16(20)18(22-23-19)13-5-3-2-4-6-13/h2-10H,1H3. The van der Waals surface area contributed by atoms with Crippen LogP contribution in [0.2, 0.25) is 5.02 Å². The summed E-state index contributed by atoms with van der Waals surface area (Å²) < 4.78 is 1.66. The van der Waals surface area contributed by atoms with E-state index in [0.717, 1.165) is 22.2 Å². The van der Waals surface area contributed by atoms with Crippen molar-refractivity contribution in [1.82, 2.24) is 20.0 Å². The van der Waals surface area contributed by atoms with E-state index in [1.165, 1.54) is 0 Å². The van der Waals surface area contributed by atoms with Gasteiger partial charge in [0.2, 0.25) is 0 Å². The van der Waals surface area contributed by atoms with Crippen LogP contribution in [0.25, 0.3) is 33.5 Å². The van der Waals surface area contributed by atoms with E-state index in [1.54, 1.807) is 16.8 Å². The topological polar surface area (TPSA) is 67.4 Å². The highest BCUT2D eigenvalue weighted by Crippen LogP contribution is 2.36. The maximum absolute atomic E-state index is 8.97. The molecule has 25 heavy (non-hydrogen) atoms. The quantitative estimate of drug-likeness (QED) is 0.545. The third-order valence-corrected chi connectivity index (χ3v) is 4.39. The lowest BCUT2D eigenvalue weighted by Crippen LogP contribution is -1.95. The van der Waals surface area contributed by atoms with Crippen molar-refractivity contribution in [2.75, 3.05) is 0 Å². The van der Waals surface area contributed by atoms with E-state index in [-0.39, 0.29) is 0 Å². The molecule has 0 aliphatic rings. The van der Waals surface area contributed by atoms with Gasteiger partial charge in [-0.3, -0.25) is 0 Å². The number of benzene rings is 2. The largest absolute Gasteiger partial charge is 0.248 e. The highest BCUT2D eigenvalue weighted by atomic mass is 35.5. The molecule has 0 bridgehead atoms. The van der Waals surface area contributed by atoms with Crippen molar-refractivity contribution in [2.24, 2.45) is 7.05 Å². The molecule has 2 aromatic carbocycles. The average Bonchev–Trinajstić information content (AvgIpc) is 3.00. The third-order valence-electron chi connectivity index (χ3n) is 4.02. The number of aryl methyl sites for hydroxylation is 1. The molecule has 2 heterocycles. The summed E-state index contributed by atoms with van der Waals surface area (Å²) in [6.45, 7) is 0. The third kappa shape index (κ3) is 2.53. The minimum absolute atomic E-state index is 0.517. The first-order valence-electron chi connectivity index (χ1n) is 7.64. The minimum Gasteiger partial charge on any atom is -0.248 e. The van der Waals surface area contributed by atoms with Gasteiger partial charge in [0.15, 0.2) is 5.65 Å². The lowest BCUT2D eigenvalue weighted by atomic mass is 10.1. The second-order valence-electron chi connectivity index (χ2n) is 5.59. The Morgan fingerprint density at radius 1 is 0.920 bits per heavy atom. The Kier molecular flexibility index (Phi) is 3.68. The molecular formula is C19H12ClN5. The van der Waals surface area contributed by atoms with Gasteiger partial charge in [0.25, 0.3) is 0 Å². The molecule has 4 aromatic rings. The van der Waals surface area contributed by atoms with E-state index in [4.69, 9.17) is 16.9 Å². The first-order chi connectivity index (χ1) is 12.2. The van der Waals surface area contributed by atoms with E-state index < -0.39 is 0 Å². The number of fused-ring (bicyclic) bond motifs is 1. The van der Waals surface area contributed by atoms with E-state index in [2.05, 4.69) is 21.4 Å². The molecule has 0 amide bonds. The van der Waals surface area contributed by atoms with Crippen LogP contribution in [0.15, 0.2) is 54.6 Å². The van der Waals surface area contributed by atoms with Crippen LogP contribution in [-0.2, 0) is 7.05 Å². The molecule has 0 atom stereocenters. The van der Waals surface area contributed by atoms with Gasteiger partial charge in [0, 0.05) is 18.2 Å². The van der Waals surface area contributed by atoms with Crippen molar-refractivity contribution in [3.8, 4) is 28.6 Å². The Bertz CT molecular complexity index is 1110. The molecule has 0 unspecified atom stereocenters. The van der Waals surface area contributed by atoms with Crippen LogP contribution in [0.4, 0.5) is 0 Å². The van der Waals surface area contributed by atoms with Gasteiger partial charge in [-0.2, -0.15) is 10.4 Å². The van der Waals surface area contributed by atoms with Crippen LogP contribution < -0.4 is 0 Å². The van der Waals surface area contributed by atoms with Crippen LogP contribution >= 0.6 is 11.6 Å². The zero-order valence-corrected chi connectivity index (χ0v) is 14.1. The van der Waals surface area contributed by atoms with E-state index in [0.29, 0.717) is 21.9 Å². The summed E-state index contributed by atoms with van der Waals surface area (Å²) >= 11 is 6.69. The number of halogens is 1. The lowest BCUT2D eigenvalue weighted by Gasteiger charge is -2.05. The summed E-state index contributed by atoms with van der Waals surface area (Å²) in [6.07, 6.45) is 0. The maximum Gasteiger partial charge on any atom is 0.182 e. The summed E-state index contributed by atoms with van der Waals surface area (Å²) in [7, 11) is 1.81. The van der Waals surface area contributed by atoms with E-state index >= 15 is 0 Å². The molecule has 0 aliphatic carbocycles. The van der Waals surface area contributed by atoms with Gasteiger partial charge in [0.1, 0.15) is 11.4 Å². The van der Waals surface area contributed by atoms with Gasteiger partial charge in [-0.05, 0) is 12.1 Å². The Labute approximate surface area is 149 Å².